The van der Waals surface area contributed by atoms with Crippen molar-refractivity contribution < 1.29 is 9.53 Å². The fourth-order valence-corrected chi connectivity index (χ4v) is 4.31. The Morgan fingerprint density at radius 2 is 1.70 bits per heavy atom. The molecule has 5 heteroatoms. The van der Waals surface area contributed by atoms with Crippen molar-refractivity contribution in [3.8, 4) is 5.75 Å². The molecule has 1 N–H and O–H groups in total. The van der Waals surface area contributed by atoms with E-state index in [4.69, 9.17) is 4.74 Å². The standard InChI is InChI=1S/C28H33N3O2/c1-22-10-12-26(13-11-22)31-18-16-30(17-19-31)21-23-6-5-8-25(20-23)28(32)29-15-14-24-7-3-4-9-27(24)33-2/h3-13,20H,14-19,21H2,1-2H3,(H,29,32). The summed E-state index contributed by atoms with van der Waals surface area (Å²) in [5.74, 6) is 0.826. The molecule has 1 aliphatic rings. The quantitative estimate of drug-likeness (QED) is 0.564. The lowest BCUT2D eigenvalue weighted by Crippen LogP contribution is -2.46. The number of para-hydroxylation sites is 1. The second-order valence-corrected chi connectivity index (χ2v) is 8.62. The average Bonchev–Trinajstić information content (AvgIpc) is 2.85. The van der Waals surface area contributed by atoms with Crippen molar-refractivity contribution >= 4 is 11.6 Å². The first kappa shape index (κ1) is 22.9. The highest BCUT2D eigenvalue weighted by Gasteiger charge is 2.17. The summed E-state index contributed by atoms with van der Waals surface area (Å²) in [7, 11) is 1.67. The molecular weight excluding hydrogens is 410 g/mol. The van der Waals surface area contributed by atoms with E-state index in [1.807, 2.05) is 42.5 Å². The number of carbonyl (C=O) groups is 1. The molecular formula is C28H33N3O2. The fourth-order valence-electron chi connectivity index (χ4n) is 4.31. The molecule has 1 aliphatic heterocycles. The highest BCUT2D eigenvalue weighted by Crippen LogP contribution is 2.19. The van der Waals surface area contributed by atoms with Crippen LogP contribution in [0.2, 0.25) is 0 Å². The third kappa shape index (κ3) is 6.14. The van der Waals surface area contributed by atoms with Crippen molar-refractivity contribution in [1.82, 2.24) is 10.2 Å². The Bertz CT molecular complexity index is 1060. The van der Waals surface area contributed by atoms with Gasteiger partial charge in [0, 0.05) is 50.5 Å². The van der Waals surface area contributed by atoms with E-state index >= 15 is 0 Å². The number of hydrogen-bond donors (Lipinski definition) is 1. The number of nitrogens with zero attached hydrogens (tertiary/aromatic N) is 2. The monoisotopic (exact) mass is 443 g/mol. The highest BCUT2D eigenvalue weighted by atomic mass is 16.5. The van der Waals surface area contributed by atoms with Crippen LogP contribution < -0.4 is 15.0 Å². The van der Waals surface area contributed by atoms with E-state index in [-0.39, 0.29) is 5.91 Å². The van der Waals surface area contributed by atoms with Gasteiger partial charge in [-0.3, -0.25) is 9.69 Å². The summed E-state index contributed by atoms with van der Waals surface area (Å²) in [5, 5.41) is 3.04. The Morgan fingerprint density at radius 1 is 0.939 bits per heavy atom. The van der Waals surface area contributed by atoms with Crippen LogP contribution in [0.5, 0.6) is 5.75 Å². The summed E-state index contributed by atoms with van der Waals surface area (Å²) in [6.07, 6.45) is 0.737. The van der Waals surface area contributed by atoms with Gasteiger partial charge in [0.1, 0.15) is 5.75 Å². The van der Waals surface area contributed by atoms with Crippen molar-refractivity contribution in [2.45, 2.75) is 19.9 Å². The average molecular weight is 444 g/mol. The summed E-state index contributed by atoms with van der Waals surface area (Å²) in [6.45, 7) is 7.63. The lowest BCUT2D eigenvalue weighted by Gasteiger charge is -2.36. The summed E-state index contributed by atoms with van der Waals surface area (Å²) < 4.78 is 5.39. The topological polar surface area (TPSA) is 44.8 Å². The van der Waals surface area contributed by atoms with Gasteiger partial charge in [-0.05, 0) is 54.8 Å². The lowest BCUT2D eigenvalue weighted by atomic mass is 10.1. The van der Waals surface area contributed by atoms with Crippen LogP contribution in [0.4, 0.5) is 5.69 Å². The van der Waals surface area contributed by atoms with Crippen molar-refractivity contribution in [1.29, 1.82) is 0 Å². The number of benzene rings is 3. The lowest BCUT2D eigenvalue weighted by molar-refractivity contribution is 0.0954. The maximum atomic E-state index is 12.7. The molecule has 0 radical (unpaired) electrons. The van der Waals surface area contributed by atoms with Gasteiger partial charge in [0.15, 0.2) is 0 Å². The second-order valence-electron chi connectivity index (χ2n) is 8.62. The molecule has 1 saturated heterocycles. The van der Waals surface area contributed by atoms with Crippen LogP contribution >= 0.6 is 0 Å². The van der Waals surface area contributed by atoms with Gasteiger partial charge < -0.3 is 15.0 Å². The number of ether oxygens (including phenoxy) is 1. The summed E-state index contributed by atoms with van der Waals surface area (Å²) in [5.41, 5.74) is 5.58. The van der Waals surface area contributed by atoms with E-state index in [1.54, 1.807) is 7.11 Å². The van der Waals surface area contributed by atoms with E-state index < -0.39 is 0 Å². The minimum absolute atomic E-state index is 0.0315. The van der Waals surface area contributed by atoms with Crippen LogP contribution in [0.1, 0.15) is 27.0 Å². The van der Waals surface area contributed by atoms with E-state index in [0.29, 0.717) is 12.1 Å². The largest absolute Gasteiger partial charge is 0.496 e. The van der Waals surface area contributed by atoms with E-state index in [9.17, 15) is 4.79 Å². The molecule has 1 amide bonds. The number of nitrogens with one attached hydrogen (secondary N) is 1. The fraction of sp³-hybridized carbons (Fsp3) is 0.321. The zero-order chi connectivity index (χ0) is 23.0. The van der Waals surface area contributed by atoms with Gasteiger partial charge >= 0.3 is 0 Å². The van der Waals surface area contributed by atoms with Crippen molar-refractivity contribution in [2.75, 3.05) is 44.7 Å². The Labute approximate surface area is 197 Å². The number of anilines is 1. The third-order valence-electron chi connectivity index (χ3n) is 6.24. The first-order chi connectivity index (χ1) is 16.1. The van der Waals surface area contributed by atoms with Gasteiger partial charge in [-0.1, -0.05) is 48.0 Å². The molecule has 5 nitrogen and oxygen atoms in total. The van der Waals surface area contributed by atoms with E-state index in [2.05, 4.69) is 52.4 Å². The summed E-state index contributed by atoms with van der Waals surface area (Å²) in [6, 6.07) is 24.7. The van der Waals surface area contributed by atoms with Gasteiger partial charge in [-0.2, -0.15) is 0 Å². The van der Waals surface area contributed by atoms with E-state index in [1.165, 1.54) is 16.8 Å². The number of hydrogen-bond acceptors (Lipinski definition) is 4. The molecule has 0 atom stereocenters. The Balaban J connectivity index is 1.27. The molecule has 0 unspecified atom stereocenters. The summed E-state index contributed by atoms with van der Waals surface area (Å²) in [4.78, 5) is 17.6. The maximum absolute atomic E-state index is 12.7. The van der Waals surface area contributed by atoms with Crippen LogP contribution in [0, 0.1) is 6.92 Å². The molecule has 4 rings (SSSR count). The Hall–Kier alpha value is -3.31. The minimum Gasteiger partial charge on any atom is -0.496 e. The molecule has 1 fully saturated rings. The van der Waals surface area contributed by atoms with Crippen LogP contribution in [0.25, 0.3) is 0 Å². The number of amides is 1. The van der Waals surface area contributed by atoms with Crippen molar-refractivity contribution in [2.24, 2.45) is 0 Å². The first-order valence-corrected chi connectivity index (χ1v) is 11.7. The van der Waals surface area contributed by atoms with Gasteiger partial charge in [0.05, 0.1) is 7.11 Å². The molecule has 0 aromatic heterocycles. The van der Waals surface area contributed by atoms with Crippen LogP contribution in [-0.2, 0) is 13.0 Å². The molecule has 1 heterocycles. The predicted molar refractivity (Wildman–Crippen MR) is 134 cm³/mol. The normalized spacial score (nSPS) is 14.2. The Kier molecular flexibility index (Phi) is 7.63. The molecule has 3 aromatic carbocycles. The molecule has 3 aromatic rings. The van der Waals surface area contributed by atoms with Crippen molar-refractivity contribution in [3.05, 3.63) is 95.1 Å². The molecule has 33 heavy (non-hydrogen) atoms. The van der Waals surface area contributed by atoms with E-state index in [0.717, 1.165) is 50.5 Å². The molecule has 0 bridgehead atoms. The van der Waals surface area contributed by atoms with Gasteiger partial charge in [-0.15, -0.1) is 0 Å². The van der Waals surface area contributed by atoms with Crippen LogP contribution in [-0.4, -0.2) is 50.6 Å². The number of carbonyl (C=O) groups excluding carboxylic acids is 1. The first-order valence-electron chi connectivity index (χ1n) is 11.7. The summed E-state index contributed by atoms with van der Waals surface area (Å²) >= 11 is 0. The second kappa shape index (κ2) is 11.0. The number of piperazine rings is 1. The maximum Gasteiger partial charge on any atom is 0.251 e. The zero-order valence-corrected chi connectivity index (χ0v) is 19.6. The van der Waals surface area contributed by atoms with Crippen LogP contribution in [0.15, 0.2) is 72.8 Å². The molecule has 0 saturated carbocycles. The number of methoxy groups -OCH3 is 1. The van der Waals surface area contributed by atoms with Gasteiger partial charge in [0.2, 0.25) is 0 Å². The highest BCUT2D eigenvalue weighted by molar-refractivity contribution is 5.94. The minimum atomic E-state index is -0.0315. The molecule has 0 spiro atoms. The Morgan fingerprint density at radius 3 is 2.45 bits per heavy atom. The van der Waals surface area contributed by atoms with Gasteiger partial charge in [0.25, 0.3) is 5.91 Å². The number of rotatable bonds is 8. The van der Waals surface area contributed by atoms with Gasteiger partial charge in [-0.25, -0.2) is 0 Å². The smallest absolute Gasteiger partial charge is 0.251 e. The SMILES string of the molecule is COc1ccccc1CCNC(=O)c1cccc(CN2CCN(c3ccc(C)cc3)CC2)c1. The zero-order valence-electron chi connectivity index (χ0n) is 19.6. The molecule has 172 valence electrons. The van der Waals surface area contributed by atoms with Crippen molar-refractivity contribution in [3.63, 3.8) is 0 Å². The third-order valence-corrected chi connectivity index (χ3v) is 6.24. The number of aryl methyl sites for hydroxylation is 1. The predicted octanol–water partition coefficient (Wildman–Crippen LogP) is 4.30. The van der Waals surface area contributed by atoms with Crippen LogP contribution in [0.3, 0.4) is 0 Å². The molecule has 0 aliphatic carbocycles.